The van der Waals surface area contributed by atoms with Gasteiger partial charge in [0.25, 0.3) is 11.7 Å². The number of nitrogens with zero attached hydrogens (tertiary/aromatic N) is 2. The first-order valence-corrected chi connectivity index (χ1v) is 9.07. The van der Waals surface area contributed by atoms with Crippen molar-refractivity contribution in [2.24, 2.45) is 0 Å². The van der Waals surface area contributed by atoms with Gasteiger partial charge in [0, 0.05) is 24.2 Å². The maximum atomic E-state index is 12.9. The van der Waals surface area contributed by atoms with Crippen LogP contribution in [0.3, 0.4) is 0 Å². The van der Waals surface area contributed by atoms with Crippen LogP contribution >= 0.6 is 0 Å². The highest BCUT2D eigenvalue weighted by atomic mass is 16.5. The molecule has 1 heterocycles. The van der Waals surface area contributed by atoms with E-state index in [2.05, 4.69) is 0 Å². The molecule has 2 aromatic rings. The number of hydrogen-bond acceptors (Lipinski definition) is 5. The van der Waals surface area contributed by atoms with Crippen molar-refractivity contribution in [1.82, 2.24) is 9.80 Å². The molecule has 1 fully saturated rings. The van der Waals surface area contributed by atoms with Gasteiger partial charge in [0.05, 0.1) is 18.7 Å². The van der Waals surface area contributed by atoms with E-state index in [1.165, 1.54) is 4.90 Å². The van der Waals surface area contributed by atoms with Crippen LogP contribution in [0.2, 0.25) is 0 Å². The molecule has 0 aromatic heterocycles. The van der Waals surface area contributed by atoms with Crippen LogP contribution in [0.15, 0.2) is 60.2 Å². The normalized spacial score (nSPS) is 18.7. The minimum atomic E-state index is -0.712. The highest BCUT2D eigenvalue weighted by Gasteiger charge is 2.46. The van der Waals surface area contributed by atoms with E-state index < -0.39 is 17.7 Å². The quantitative estimate of drug-likeness (QED) is 0.474. The molecule has 0 spiro atoms. The second-order valence-corrected chi connectivity index (χ2v) is 6.90. The zero-order valence-electron chi connectivity index (χ0n) is 16.3. The van der Waals surface area contributed by atoms with Crippen LogP contribution in [0, 0.1) is 0 Å². The summed E-state index contributed by atoms with van der Waals surface area (Å²) in [5.74, 6) is -0.920. The van der Waals surface area contributed by atoms with E-state index in [0.29, 0.717) is 30.0 Å². The average molecular weight is 380 g/mol. The lowest BCUT2D eigenvalue weighted by Gasteiger charge is -2.27. The van der Waals surface area contributed by atoms with Crippen molar-refractivity contribution in [3.63, 3.8) is 0 Å². The molecule has 1 atom stereocenters. The molecule has 1 amide bonds. The van der Waals surface area contributed by atoms with Gasteiger partial charge in [0.15, 0.2) is 0 Å². The van der Waals surface area contributed by atoms with Crippen LogP contribution in [0.1, 0.15) is 17.2 Å². The Bertz CT molecular complexity index is 906. The Morgan fingerprint density at radius 3 is 2.36 bits per heavy atom. The van der Waals surface area contributed by atoms with Gasteiger partial charge in [-0.15, -0.1) is 0 Å². The lowest BCUT2D eigenvalue weighted by atomic mass is 9.94. The van der Waals surface area contributed by atoms with Crippen LogP contribution in [-0.2, 0) is 9.59 Å². The highest BCUT2D eigenvalue weighted by molar-refractivity contribution is 6.46. The Balaban J connectivity index is 2.18. The predicted molar refractivity (Wildman–Crippen MR) is 107 cm³/mol. The van der Waals surface area contributed by atoms with Crippen molar-refractivity contribution >= 4 is 17.4 Å². The number of ether oxygens (including phenoxy) is 1. The molecule has 1 saturated heterocycles. The fraction of sp³-hybridized carbons (Fsp3) is 0.273. The number of Topliss-reactive ketones (excluding diaryl/α,β-unsaturated/α-hetero) is 1. The topological polar surface area (TPSA) is 70.1 Å². The van der Waals surface area contributed by atoms with Gasteiger partial charge in [-0.05, 0) is 20.2 Å². The number of para-hydroxylation sites is 1. The standard InChI is InChI=1S/C22H24N2O4/c1-23(2)13-14-24-19(16-11-7-8-12-17(16)28-3)18(21(26)22(24)27)20(25)15-9-5-4-6-10-15/h4-12,19,25H,13-14H2,1-3H3/b20-18+. The number of aliphatic hydroxyl groups excluding tert-OH is 1. The van der Waals surface area contributed by atoms with E-state index in [-0.39, 0.29) is 11.3 Å². The highest BCUT2D eigenvalue weighted by Crippen LogP contribution is 2.42. The number of likely N-dealkylation sites (tertiary alicyclic amines) is 1. The summed E-state index contributed by atoms with van der Waals surface area (Å²) in [5.41, 5.74) is 1.24. The zero-order chi connectivity index (χ0) is 20.3. The van der Waals surface area contributed by atoms with Crippen molar-refractivity contribution < 1.29 is 19.4 Å². The molecule has 0 aliphatic carbocycles. The molecule has 6 nitrogen and oxygen atoms in total. The van der Waals surface area contributed by atoms with Gasteiger partial charge in [-0.3, -0.25) is 9.59 Å². The Kier molecular flexibility index (Phi) is 5.80. The summed E-state index contributed by atoms with van der Waals surface area (Å²) < 4.78 is 5.47. The van der Waals surface area contributed by atoms with E-state index in [0.717, 1.165) is 0 Å². The first-order valence-electron chi connectivity index (χ1n) is 9.07. The lowest BCUT2D eigenvalue weighted by molar-refractivity contribution is -0.140. The molecular formula is C22H24N2O4. The van der Waals surface area contributed by atoms with Gasteiger partial charge in [-0.2, -0.15) is 0 Å². The number of hydrogen-bond donors (Lipinski definition) is 1. The summed E-state index contributed by atoms with van der Waals surface area (Å²) >= 11 is 0. The van der Waals surface area contributed by atoms with Gasteiger partial charge < -0.3 is 19.6 Å². The summed E-state index contributed by atoms with van der Waals surface area (Å²) in [7, 11) is 5.35. The van der Waals surface area contributed by atoms with Crippen LogP contribution in [-0.4, -0.2) is 60.9 Å². The number of aliphatic hydroxyl groups is 1. The third kappa shape index (κ3) is 3.64. The molecule has 0 radical (unpaired) electrons. The molecule has 1 unspecified atom stereocenters. The molecule has 1 aliphatic rings. The minimum Gasteiger partial charge on any atom is -0.507 e. The molecule has 2 aromatic carbocycles. The molecule has 0 saturated carbocycles. The van der Waals surface area contributed by atoms with Gasteiger partial charge in [-0.25, -0.2) is 0 Å². The Labute approximate surface area is 164 Å². The monoisotopic (exact) mass is 380 g/mol. The zero-order valence-corrected chi connectivity index (χ0v) is 16.3. The third-order valence-corrected chi connectivity index (χ3v) is 4.81. The first-order chi connectivity index (χ1) is 13.5. The summed E-state index contributed by atoms with van der Waals surface area (Å²) in [6, 6.07) is 15.3. The summed E-state index contributed by atoms with van der Waals surface area (Å²) in [6.07, 6.45) is 0. The lowest BCUT2D eigenvalue weighted by Crippen LogP contribution is -2.35. The van der Waals surface area contributed by atoms with E-state index in [9.17, 15) is 14.7 Å². The molecule has 28 heavy (non-hydrogen) atoms. The minimum absolute atomic E-state index is 0.0828. The van der Waals surface area contributed by atoms with Crippen LogP contribution in [0.4, 0.5) is 0 Å². The van der Waals surface area contributed by atoms with E-state index in [1.807, 2.05) is 43.3 Å². The molecule has 0 bridgehead atoms. The fourth-order valence-electron chi connectivity index (χ4n) is 3.39. The Morgan fingerprint density at radius 1 is 1.07 bits per heavy atom. The van der Waals surface area contributed by atoms with Crippen LogP contribution < -0.4 is 4.74 Å². The molecule has 3 rings (SSSR count). The predicted octanol–water partition coefficient (Wildman–Crippen LogP) is 2.68. The van der Waals surface area contributed by atoms with E-state index >= 15 is 0 Å². The van der Waals surface area contributed by atoms with Gasteiger partial charge in [0.1, 0.15) is 11.5 Å². The summed E-state index contributed by atoms with van der Waals surface area (Å²) in [5, 5.41) is 10.9. The van der Waals surface area contributed by atoms with Crippen LogP contribution in [0.25, 0.3) is 5.76 Å². The Morgan fingerprint density at radius 2 is 1.71 bits per heavy atom. The average Bonchev–Trinajstić information content (AvgIpc) is 2.96. The molecule has 1 aliphatic heterocycles. The number of benzene rings is 2. The third-order valence-electron chi connectivity index (χ3n) is 4.81. The molecule has 6 heteroatoms. The molecule has 1 N–H and O–H groups in total. The van der Waals surface area contributed by atoms with Crippen molar-refractivity contribution in [3.05, 3.63) is 71.3 Å². The SMILES string of the molecule is COc1ccccc1C1/C(=C(\O)c2ccccc2)C(=O)C(=O)N1CCN(C)C. The number of amides is 1. The number of rotatable bonds is 6. The van der Waals surface area contributed by atoms with Gasteiger partial charge in [-0.1, -0.05) is 48.5 Å². The number of ketones is 1. The number of carbonyl (C=O) groups excluding carboxylic acids is 2. The summed E-state index contributed by atoms with van der Waals surface area (Å²) in [4.78, 5) is 29.2. The van der Waals surface area contributed by atoms with Crippen molar-refractivity contribution in [2.45, 2.75) is 6.04 Å². The fourth-order valence-corrected chi connectivity index (χ4v) is 3.39. The second kappa shape index (κ2) is 8.27. The van der Waals surface area contributed by atoms with Crippen LogP contribution in [0.5, 0.6) is 5.75 Å². The largest absolute Gasteiger partial charge is 0.507 e. The smallest absolute Gasteiger partial charge is 0.295 e. The van der Waals surface area contributed by atoms with Gasteiger partial charge >= 0.3 is 0 Å². The maximum absolute atomic E-state index is 12.9. The Hall–Kier alpha value is -3.12. The van der Waals surface area contributed by atoms with Crippen molar-refractivity contribution in [2.75, 3.05) is 34.3 Å². The maximum Gasteiger partial charge on any atom is 0.295 e. The van der Waals surface area contributed by atoms with Crippen molar-refractivity contribution in [3.8, 4) is 5.75 Å². The second-order valence-electron chi connectivity index (χ2n) is 6.90. The van der Waals surface area contributed by atoms with E-state index in [4.69, 9.17) is 4.74 Å². The number of likely N-dealkylation sites (N-methyl/N-ethyl adjacent to an activating group) is 1. The molecular weight excluding hydrogens is 356 g/mol. The number of carbonyl (C=O) groups is 2. The first kappa shape index (κ1) is 19.6. The van der Waals surface area contributed by atoms with Gasteiger partial charge in [0.2, 0.25) is 0 Å². The summed E-state index contributed by atoms with van der Waals surface area (Å²) in [6.45, 7) is 0.940. The molecule has 146 valence electrons. The van der Waals surface area contributed by atoms with E-state index in [1.54, 1.807) is 37.4 Å². The van der Waals surface area contributed by atoms with Crippen molar-refractivity contribution in [1.29, 1.82) is 0 Å². The number of methoxy groups -OCH3 is 1.